The Hall–Kier alpha value is -2.42. The number of aromatic nitrogens is 2. The van der Waals surface area contributed by atoms with Gasteiger partial charge in [0.2, 0.25) is 21.8 Å². The lowest BCUT2D eigenvalue weighted by Crippen LogP contribution is -2.37. The number of hydrogen-bond acceptors (Lipinski definition) is 6. The summed E-state index contributed by atoms with van der Waals surface area (Å²) in [5, 5.41) is 8.83. The highest BCUT2D eigenvalue weighted by molar-refractivity contribution is 7.89. The van der Waals surface area contributed by atoms with E-state index in [1.165, 1.54) is 16.4 Å². The van der Waals surface area contributed by atoms with Crippen molar-refractivity contribution in [1.29, 1.82) is 0 Å². The molecule has 1 aliphatic rings. The highest BCUT2D eigenvalue weighted by atomic mass is 35.5. The van der Waals surface area contributed by atoms with E-state index in [-0.39, 0.29) is 10.8 Å². The molecule has 0 unspecified atom stereocenters. The second-order valence-corrected chi connectivity index (χ2v) is 9.18. The Morgan fingerprint density at radius 3 is 2.31 bits per heavy atom. The molecule has 0 radical (unpaired) electrons. The smallest absolute Gasteiger partial charge is 0.247 e. The number of ether oxygens (including phenoxy) is 1. The summed E-state index contributed by atoms with van der Waals surface area (Å²) in [6, 6.07) is 13.6. The van der Waals surface area contributed by atoms with Crippen LogP contribution < -0.4 is 4.74 Å². The van der Waals surface area contributed by atoms with Gasteiger partial charge >= 0.3 is 0 Å². The van der Waals surface area contributed by atoms with E-state index < -0.39 is 10.0 Å². The zero-order valence-electron chi connectivity index (χ0n) is 15.8. The van der Waals surface area contributed by atoms with E-state index in [9.17, 15) is 8.42 Å². The molecule has 7 nitrogen and oxygen atoms in total. The lowest BCUT2D eigenvalue weighted by molar-refractivity contribution is 0.291. The Bertz CT molecular complexity index is 1070. The van der Waals surface area contributed by atoms with Crippen molar-refractivity contribution in [2.45, 2.75) is 23.7 Å². The third-order valence-electron chi connectivity index (χ3n) is 5.03. The molecule has 0 atom stereocenters. The number of nitrogens with zero attached hydrogens (tertiary/aromatic N) is 3. The fourth-order valence-electron chi connectivity index (χ4n) is 3.35. The molecular weight excluding hydrogens is 414 g/mol. The monoisotopic (exact) mass is 433 g/mol. The van der Waals surface area contributed by atoms with Gasteiger partial charge in [0.1, 0.15) is 5.75 Å². The van der Waals surface area contributed by atoms with E-state index in [0.29, 0.717) is 42.7 Å². The van der Waals surface area contributed by atoms with Crippen LogP contribution in [-0.4, -0.2) is 43.1 Å². The molecule has 152 valence electrons. The number of sulfonamides is 1. The van der Waals surface area contributed by atoms with Crippen molar-refractivity contribution in [3.05, 3.63) is 59.4 Å². The molecule has 0 N–H and O–H groups in total. The summed E-state index contributed by atoms with van der Waals surface area (Å²) in [5.74, 6) is 1.77. The molecule has 0 saturated carbocycles. The summed E-state index contributed by atoms with van der Waals surface area (Å²) in [4.78, 5) is 0.250. The average molecular weight is 434 g/mol. The molecule has 0 spiro atoms. The van der Waals surface area contributed by atoms with E-state index in [0.717, 1.165) is 11.3 Å². The van der Waals surface area contributed by atoms with Crippen molar-refractivity contribution in [3.8, 4) is 17.2 Å². The van der Waals surface area contributed by atoms with E-state index >= 15 is 0 Å². The number of methoxy groups -OCH3 is 1. The molecule has 2 aromatic carbocycles. The molecule has 1 aromatic heterocycles. The van der Waals surface area contributed by atoms with Crippen molar-refractivity contribution in [2.24, 2.45) is 0 Å². The van der Waals surface area contributed by atoms with E-state index in [4.69, 9.17) is 20.8 Å². The molecule has 0 aliphatic carbocycles. The van der Waals surface area contributed by atoms with Gasteiger partial charge in [-0.2, -0.15) is 4.31 Å². The number of piperidine rings is 1. The first-order valence-electron chi connectivity index (χ1n) is 9.21. The average Bonchev–Trinajstić information content (AvgIpc) is 3.24. The predicted octanol–water partition coefficient (Wildman–Crippen LogP) is 3.97. The summed E-state index contributed by atoms with van der Waals surface area (Å²) in [5.41, 5.74) is 0.812. The molecule has 29 heavy (non-hydrogen) atoms. The molecule has 1 aliphatic heterocycles. The van der Waals surface area contributed by atoms with Gasteiger partial charge in [0.25, 0.3) is 0 Å². The summed E-state index contributed by atoms with van der Waals surface area (Å²) < 4.78 is 38.1. The first kappa shape index (κ1) is 19.9. The number of benzene rings is 2. The number of rotatable bonds is 5. The fraction of sp³-hybridized carbons (Fsp3) is 0.300. The van der Waals surface area contributed by atoms with Crippen molar-refractivity contribution < 1.29 is 17.6 Å². The second kappa shape index (κ2) is 8.14. The van der Waals surface area contributed by atoms with Crippen LogP contribution in [0.3, 0.4) is 0 Å². The topological polar surface area (TPSA) is 85.5 Å². The number of hydrogen-bond donors (Lipinski definition) is 0. The molecule has 1 saturated heterocycles. The maximum atomic E-state index is 12.8. The molecule has 9 heteroatoms. The van der Waals surface area contributed by atoms with Crippen molar-refractivity contribution in [3.63, 3.8) is 0 Å². The first-order chi connectivity index (χ1) is 14.0. The van der Waals surface area contributed by atoms with Gasteiger partial charge in [-0.15, -0.1) is 10.2 Å². The van der Waals surface area contributed by atoms with Gasteiger partial charge in [-0.3, -0.25) is 0 Å². The summed E-state index contributed by atoms with van der Waals surface area (Å²) in [6.07, 6.45) is 1.24. The standard InChI is InChI=1S/C20H20ClN3O4S/c1-27-17-6-2-14(3-7-17)19-22-23-20(28-19)15-10-12-24(13-11-15)29(25,26)18-8-4-16(21)5-9-18/h2-9,15H,10-13H2,1H3. The lowest BCUT2D eigenvalue weighted by atomic mass is 9.98. The summed E-state index contributed by atoms with van der Waals surface area (Å²) in [6.45, 7) is 0.797. The second-order valence-electron chi connectivity index (χ2n) is 6.81. The van der Waals surface area contributed by atoms with Crippen LogP contribution in [0.25, 0.3) is 11.5 Å². The Labute approximate surface area is 174 Å². The molecule has 0 bridgehead atoms. The van der Waals surface area contributed by atoms with Crippen molar-refractivity contribution in [1.82, 2.24) is 14.5 Å². The van der Waals surface area contributed by atoms with Crippen LogP contribution in [-0.2, 0) is 10.0 Å². The normalized spacial score (nSPS) is 16.1. The molecule has 1 fully saturated rings. The highest BCUT2D eigenvalue weighted by Gasteiger charge is 2.32. The maximum Gasteiger partial charge on any atom is 0.247 e. The van der Waals surface area contributed by atoms with Crippen LogP contribution in [0.4, 0.5) is 0 Å². The minimum Gasteiger partial charge on any atom is -0.497 e. The minimum absolute atomic E-state index is 0.0335. The predicted molar refractivity (Wildman–Crippen MR) is 108 cm³/mol. The molecular formula is C20H20ClN3O4S. The van der Waals surface area contributed by atoms with Crippen molar-refractivity contribution in [2.75, 3.05) is 20.2 Å². The van der Waals surface area contributed by atoms with Crippen LogP contribution in [0.15, 0.2) is 57.8 Å². The maximum absolute atomic E-state index is 12.8. The van der Waals surface area contributed by atoms with Gasteiger partial charge in [0.15, 0.2) is 0 Å². The number of halogens is 1. The van der Waals surface area contributed by atoms with Crippen LogP contribution in [0.1, 0.15) is 24.7 Å². The SMILES string of the molecule is COc1ccc(-c2nnc(C3CCN(S(=O)(=O)c4ccc(Cl)cc4)CC3)o2)cc1. The third-order valence-corrected chi connectivity index (χ3v) is 7.20. The molecule has 4 rings (SSSR count). The Morgan fingerprint density at radius 2 is 1.69 bits per heavy atom. The zero-order chi connectivity index (χ0) is 20.4. The van der Waals surface area contributed by atoms with Gasteiger partial charge in [-0.25, -0.2) is 8.42 Å². The van der Waals surface area contributed by atoms with Gasteiger partial charge in [0.05, 0.1) is 12.0 Å². The van der Waals surface area contributed by atoms with Crippen LogP contribution in [0.5, 0.6) is 5.75 Å². The quantitative estimate of drug-likeness (QED) is 0.605. The van der Waals surface area contributed by atoms with Crippen LogP contribution in [0.2, 0.25) is 5.02 Å². The van der Waals surface area contributed by atoms with Gasteiger partial charge in [0, 0.05) is 29.6 Å². The van der Waals surface area contributed by atoms with Crippen LogP contribution in [0, 0.1) is 0 Å². The summed E-state index contributed by atoms with van der Waals surface area (Å²) >= 11 is 5.86. The van der Waals surface area contributed by atoms with Gasteiger partial charge in [-0.1, -0.05) is 11.6 Å². The largest absolute Gasteiger partial charge is 0.497 e. The van der Waals surface area contributed by atoms with E-state index in [1.54, 1.807) is 19.2 Å². The van der Waals surface area contributed by atoms with Gasteiger partial charge in [-0.05, 0) is 61.4 Å². The Balaban J connectivity index is 1.43. The van der Waals surface area contributed by atoms with Crippen LogP contribution >= 0.6 is 11.6 Å². The van der Waals surface area contributed by atoms with Crippen molar-refractivity contribution >= 4 is 21.6 Å². The van der Waals surface area contributed by atoms with Gasteiger partial charge < -0.3 is 9.15 Å². The third kappa shape index (κ3) is 4.14. The zero-order valence-corrected chi connectivity index (χ0v) is 17.4. The lowest BCUT2D eigenvalue weighted by Gasteiger charge is -2.29. The Kier molecular flexibility index (Phi) is 5.58. The molecule has 2 heterocycles. The summed E-state index contributed by atoms with van der Waals surface area (Å²) in [7, 11) is -1.92. The molecule has 0 amide bonds. The molecule has 3 aromatic rings. The van der Waals surface area contributed by atoms with E-state index in [1.807, 2.05) is 24.3 Å². The Morgan fingerprint density at radius 1 is 1.03 bits per heavy atom. The first-order valence-corrected chi connectivity index (χ1v) is 11.0. The highest BCUT2D eigenvalue weighted by Crippen LogP contribution is 2.32. The minimum atomic E-state index is -3.53. The fourth-order valence-corrected chi connectivity index (χ4v) is 4.94. The van der Waals surface area contributed by atoms with E-state index in [2.05, 4.69) is 10.2 Å².